The standard InChI is InChI=1S/C29H36ClN3O5S/c1-5-18(2)15-32-25(34)16-33-11-7-10-29(17-33)27(31)26(28(35)38-29)22-14-24(30)23(12-19(22)3)20-8-6-9-21(13-20)39(4,36)37/h6,8-9,12-14,18H,5,7,10-11,15-17,31H2,1-4H3,(H,32,34). The van der Waals surface area contributed by atoms with Crippen molar-refractivity contribution < 1.29 is 22.7 Å². The van der Waals surface area contributed by atoms with E-state index in [2.05, 4.69) is 19.2 Å². The third kappa shape index (κ3) is 6.15. The molecule has 3 N–H and O–H groups in total. The average Bonchev–Trinajstić information content (AvgIpc) is 3.11. The Kier molecular flexibility index (Phi) is 8.44. The van der Waals surface area contributed by atoms with Gasteiger partial charge in [-0.05, 0) is 73.2 Å². The Labute approximate surface area is 235 Å². The average molecular weight is 574 g/mol. The summed E-state index contributed by atoms with van der Waals surface area (Å²) < 4.78 is 30.0. The van der Waals surface area contributed by atoms with Gasteiger partial charge in [0.2, 0.25) is 5.91 Å². The number of ether oxygens (including phenoxy) is 1. The van der Waals surface area contributed by atoms with Crippen molar-refractivity contribution in [1.82, 2.24) is 10.2 Å². The molecule has 39 heavy (non-hydrogen) atoms. The number of hydrogen-bond acceptors (Lipinski definition) is 7. The molecule has 2 unspecified atom stereocenters. The van der Waals surface area contributed by atoms with Crippen molar-refractivity contribution in [3.8, 4) is 11.1 Å². The number of halogens is 1. The molecule has 0 radical (unpaired) electrons. The predicted molar refractivity (Wildman–Crippen MR) is 153 cm³/mol. The van der Waals surface area contributed by atoms with Crippen LogP contribution in [0.15, 0.2) is 47.0 Å². The molecule has 2 aromatic carbocycles. The van der Waals surface area contributed by atoms with Crippen LogP contribution in [0.2, 0.25) is 5.02 Å². The molecule has 0 aromatic heterocycles. The molecule has 2 aromatic rings. The van der Waals surface area contributed by atoms with E-state index in [0.717, 1.165) is 24.7 Å². The van der Waals surface area contributed by atoms with E-state index in [1.54, 1.807) is 24.3 Å². The second-order valence-electron chi connectivity index (χ2n) is 10.8. The molecule has 10 heteroatoms. The molecule has 4 rings (SSSR count). The van der Waals surface area contributed by atoms with Gasteiger partial charge in [0, 0.05) is 29.9 Å². The number of carbonyl (C=O) groups excluding carboxylic acids is 2. The molecule has 1 fully saturated rings. The lowest BCUT2D eigenvalue weighted by molar-refractivity contribution is -0.149. The van der Waals surface area contributed by atoms with E-state index < -0.39 is 21.4 Å². The number of sulfone groups is 1. The fraction of sp³-hybridized carbons (Fsp3) is 0.448. The lowest BCUT2D eigenvalue weighted by Gasteiger charge is -2.39. The van der Waals surface area contributed by atoms with Crippen molar-refractivity contribution in [3.63, 3.8) is 0 Å². The van der Waals surface area contributed by atoms with Gasteiger partial charge in [-0.25, -0.2) is 13.2 Å². The van der Waals surface area contributed by atoms with Crippen LogP contribution in [0.1, 0.15) is 44.2 Å². The van der Waals surface area contributed by atoms with Crippen LogP contribution in [0, 0.1) is 12.8 Å². The summed E-state index contributed by atoms with van der Waals surface area (Å²) in [6, 6.07) is 10.1. The Morgan fingerprint density at radius 3 is 2.69 bits per heavy atom. The van der Waals surface area contributed by atoms with Gasteiger partial charge in [0.25, 0.3) is 0 Å². The van der Waals surface area contributed by atoms with Gasteiger partial charge in [0.05, 0.1) is 22.7 Å². The summed E-state index contributed by atoms with van der Waals surface area (Å²) in [5.74, 6) is -0.164. The molecular formula is C29H36ClN3O5S. The Balaban J connectivity index is 1.61. The summed E-state index contributed by atoms with van der Waals surface area (Å²) in [5, 5.41) is 3.34. The van der Waals surface area contributed by atoms with E-state index in [1.807, 2.05) is 17.9 Å². The van der Waals surface area contributed by atoms with Gasteiger partial charge in [0.15, 0.2) is 15.4 Å². The summed E-state index contributed by atoms with van der Waals surface area (Å²) in [6.45, 7) is 7.93. The monoisotopic (exact) mass is 573 g/mol. The van der Waals surface area contributed by atoms with Crippen LogP contribution < -0.4 is 11.1 Å². The molecule has 2 aliphatic rings. The lowest BCUT2D eigenvalue weighted by atomic mass is 9.86. The largest absolute Gasteiger partial charge is 0.448 e. The van der Waals surface area contributed by atoms with Gasteiger partial charge in [-0.15, -0.1) is 0 Å². The molecular weight excluding hydrogens is 538 g/mol. The number of nitrogens with one attached hydrogen (secondary N) is 1. The minimum absolute atomic E-state index is 0.0578. The molecule has 0 aliphatic carbocycles. The van der Waals surface area contributed by atoms with Crippen LogP contribution >= 0.6 is 11.6 Å². The maximum atomic E-state index is 13.2. The molecule has 1 saturated heterocycles. The van der Waals surface area contributed by atoms with Crippen molar-refractivity contribution in [1.29, 1.82) is 0 Å². The van der Waals surface area contributed by atoms with E-state index in [-0.39, 0.29) is 22.9 Å². The summed E-state index contributed by atoms with van der Waals surface area (Å²) in [5.41, 5.74) is 8.92. The number of nitrogens with two attached hydrogens (primary N) is 1. The van der Waals surface area contributed by atoms with Crippen molar-refractivity contribution in [2.24, 2.45) is 11.7 Å². The van der Waals surface area contributed by atoms with Crippen LogP contribution in [0.5, 0.6) is 0 Å². The second kappa shape index (κ2) is 11.3. The molecule has 2 atom stereocenters. The molecule has 0 saturated carbocycles. The number of piperidine rings is 1. The normalized spacial score (nSPS) is 20.8. The highest BCUT2D eigenvalue weighted by Crippen LogP contribution is 2.43. The zero-order chi connectivity index (χ0) is 28.5. The van der Waals surface area contributed by atoms with Crippen LogP contribution in [-0.4, -0.2) is 63.2 Å². The third-order valence-corrected chi connectivity index (χ3v) is 9.08. The fourth-order valence-corrected chi connectivity index (χ4v) is 6.12. The van der Waals surface area contributed by atoms with Crippen molar-refractivity contribution >= 4 is 38.9 Å². The Morgan fingerprint density at radius 1 is 1.26 bits per heavy atom. The number of likely N-dealkylation sites (tertiary alicyclic amines) is 1. The number of aryl methyl sites for hydroxylation is 1. The first-order valence-electron chi connectivity index (χ1n) is 13.2. The number of benzene rings is 2. The number of amides is 1. The van der Waals surface area contributed by atoms with Gasteiger partial charge in [0.1, 0.15) is 0 Å². The summed E-state index contributed by atoms with van der Waals surface area (Å²) in [4.78, 5) is 27.9. The first-order chi connectivity index (χ1) is 18.3. The number of carbonyl (C=O) groups is 2. The highest BCUT2D eigenvalue weighted by atomic mass is 35.5. The van der Waals surface area contributed by atoms with Crippen LogP contribution in [0.4, 0.5) is 0 Å². The molecule has 1 amide bonds. The Morgan fingerprint density at radius 2 is 2.00 bits per heavy atom. The highest BCUT2D eigenvalue weighted by Gasteiger charge is 2.49. The summed E-state index contributed by atoms with van der Waals surface area (Å²) >= 11 is 6.68. The minimum atomic E-state index is -3.39. The van der Waals surface area contributed by atoms with Crippen molar-refractivity contribution in [2.75, 3.05) is 32.4 Å². The maximum Gasteiger partial charge on any atom is 0.341 e. The first kappa shape index (κ1) is 29.1. The number of esters is 1. The Hall–Kier alpha value is -2.88. The second-order valence-corrected chi connectivity index (χ2v) is 13.2. The molecule has 2 heterocycles. The van der Waals surface area contributed by atoms with E-state index in [1.165, 1.54) is 6.07 Å². The highest BCUT2D eigenvalue weighted by molar-refractivity contribution is 7.90. The van der Waals surface area contributed by atoms with E-state index in [9.17, 15) is 18.0 Å². The molecule has 2 aliphatic heterocycles. The van der Waals surface area contributed by atoms with E-state index in [4.69, 9.17) is 22.1 Å². The molecule has 210 valence electrons. The van der Waals surface area contributed by atoms with Crippen LogP contribution in [0.25, 0.3) is 16.7 Å². The van der Waals surface area contributed by atoms with E-state index >= 15 is 0 Å². The van der Waals surface area contributed by atoms with Gasteiger partial charge in [-0.2, -0.15) is 0 Å². The van der Waals surface area contributed by atoms with Crippen molar-refractivity contribution in [2.45, 2.75) is 50.5 Å². The number of hydrogen-bond donors (Lipinski definition) is 2. The predicted octanol–water partition coefficient (Wildman–Crippen LogP) is 3.94. The Bertz CT molecular complexity index is 1440. The van der Waals surface area contributed by atoms with Gasteiger partial charge < -0.3 is 15.8 Å². The molecule has 0 bridgehead atoms. The number of nitrogens with zero attached hydrogens (tertiary/aromatic N) is 1. The fourth-order valence-electron chi connectivity index (χ4n) is 5.18. The third-order valence-electron chi connectivity index (χ3n) is 7.65. The first-order valence-corrected chi connectivity index (χ1v) is 15.4. The zero-order valence-corrected chi connectivity index (χ0v) is 24.4. The quantitative estimate of drug-likeness (QED) is 0.459. The maximum absolute atomic E-state index is 13.2. The van der Waals surface area contributed by atoms with Gasteiger partial charge in [-0.1, -0.05) is 44.0 Å². The SMILES string of the molecule is CCC(C)CNC(=O)CN1CCCC2(C1)OC(=O)C(c1cc(Cl)c(-c3cccc(S(C)(=O)=O)c3)cc1C)=C2N. The minimum Gasteiger partial charge on any atom is -0.448 e. The lowest BCUT2D eigenvalue weighted by Crippen LogP contribution is -2.53. The van der Waals surface area contributed by atoms with Crippen LogP contribution in [-0.2, 0) is 24.2 Å². The summed E-state index contributed by atoms with van der Waals surface area (Å²) in [6.07, 6.45) is 3.45. The van der Waals surface area contributed by atoms with Crippen LogP contribution in [0.3, 0.4) is 0 Å². The molecule has 8 nitrogen and oxygen atoms in total. The van der Waals surface area contributed by atoms with E-state index in [0.29, 0.717) is 59.4 Å². The smallest absolute Gasteiger partial charge is 0.341 e. The summed E-state index contributed by atoms with van der Waals surface area (Å²) in [7, 11) is -3.39. The number of rotatable bonds is 8. The van der Waals surface area contributed by atoms with Gasteiger partial charge in [-0.3, -0.25) is 9.69 Å². The molecule has 1 spiro atoms. The zero-order valence-electron chi connectivity index (χ0n) is 22.8. The topological polar surface area (TPSA) is 119 Å². The van der Waals surface area contributed by atoms with Crippen molar-refractivity contribution in [3.05, 3.63) is 58.2 Å². The van der Waals surface area contributed by atoms with Gasteiger partial charge >= 0.3 is 5.97 Å².